The van der Waals surface area contributed by atoms with E-state index in [1.807, 2.05) is 13.0 Å². The Bertz CT molecular complexity index is 466. The molecule has 0 unspecified atom stereocenters. The topological polar surface area (TPSA) is 26.0 Å². The van der Waals surface area contributed by atoms with E-state index in [1.165, 1.54) is 9.10 Å². The highest BCUT2D eigenvalue weighted by Crippen LogP contribution is 2.37. The summed E-state index contributed by atoms with van der Waals surface area (Å²) in [5, 5.41) is 2.08. The molecule has 0 amide bonds. The lowest BCUT2D eigenvalue weighted by atomic mass is 10.2. The van der Waals surface area contributed by atoms with Crippen molar-refractivity contribution in [3.05, 3.63) is 39.7 Å². The molecule has 2 rings (SSSR count). The van der Waals surface area contributed by atoms with Gasteiger partial charge in [0.05, 0.1) is 4.21 Å². The van der Waals surface area contributed by atoms with Crippen molar-refractivity contribution in [2.45, 2.75) is 16.0 Å². The van der Waals surface area contributed by atoms with Crippen molar-refractivity contribution in [1.29, 1.82) is 0 Å². The Morgan fingerprint density at radius 3 is 2.87 bits per heavy atom. The molecule has 1 aromatic carbocycles. The fourth-order valence-electron chi connectivity index (χ4n) is 1.18. The molecule has 1 nitrogen and oxygen atoms in total. The number of nitrogen functional groups attached to an aromatic ring is 1. The van der Waals surface area contributed by atoms with Crippen molar-refractivity contribution in [1.82, 2.24) is 0 Å². The van der Waals surface area contributed by atoms with Crippen molar-refractivity contribution < 1.29 is 0 Å². The van der Waals surface area contributed by atoms with Gasteiger partial charge >= 0.3 is 0 Å². The molecule has 2 aromatic rings. The van der Waals surface area contributed by atoms with Crippen molar-refractivity contribution >= 4 is 44.7 Å². The Hall–Kier alpha value is -0.450. The summed E-state index contributed by atoms with van der Waals surface area (Å²) in [6.45, 7) is 2.03. The molecule has 2 N–H and O–H groups in total. The number of rotatable bonds is 2. The van der Waals surface area contributed by atoms with Crippen molar-refractivity contribution in [2.24, 2.45) is 0 Å². The molecule has 0 saturated carbocycles. The van der Waals surface area contributed by atoms with E-state index in [-0.39, 0.29) is 0 Å². The molecule has 0 aliphatic carbocycles. The van der Waals surface area contributed by atoms with Gasteiger partial charge in [0.1, 0.15) is 0 Å². The molecule has 0 fully saturated rings. The maximum absolute atomic E-state index is 5.83. The first-order chi connectivity index (χ1) is 7.16. The summed E-state index contributed by atoms with van der Waals surface area (Å²) in [4.78, 5) is 1.21. The lowest BCUT2D eigenvalue weighted by Gasteiger charge is -2.06. The van der Waals surface area contributed by atoms with Gasteiger partial charge in [0.25, 0.3) is 0 Å². The van der Waals surface area contributed by atoms with Gasteiger partial charge < -0.3 is 5.73 Å². The van der Waals surface area contributed by atoms with Crippen LogP contribution in [0.1, 0.15) is 5.56 Å². The zero-order valence-corrected chi connectivity index (χ0v) is 11.4. The van der Waals surface area contributed by atoms with Gasteiger partial charge in [0, 0.05) is 15.1 Å². The lowest BCUT2D eigenvalue weighted by molar-refractivity contribution is 1.33. The van der Waals surface area contributed by atoms with Gasteiger partial charge in [-0.2, -0.15) is 0 Å². The molecular formula is C11H10BrNS2. The number of benzene rings is 1. The molecular weight excluding hydrogens is 290 g/mol. The van der Waals surface area contributed by atoms with Crippen LogP contribution in [0.2, 0.25) is 0 Å². The monoisotopic (exact) mass is 299 g/mol. The highest BCUT2D eigenvalue weighted by atomic mass is 79.9. The van der Waals surface area contributed by atoms with Crippen molar-refractivity contribution in [2.75, 3.05) is 5.73 Å². The molecule has 0 bridgehead atoms. The molecule has 1 heterocycles. The van der Waals surface area contributed by atoms with Crippen molar-refractivity contribution in [3.63, 3.8) is 0 Å². The largest absolute Gasteiger partial charge is 0.398 e. The summed E-state index contributed by atoms with van der Waals surface area (Å²) < 4.78 is 2.35. The molecule has 0 saturated heterocycles. The average molecular weight is 300 g/mol. The minimum Gasteiger partial charge on any atom is -0.398 e. The van der Waals surface area contributed by atoms with E-state index in [1.54, 1.807) is 23.1 Å². The fourth-order valence-corrected chi connectivity index (χ4v) is 3.61. The third-order valence-corrected chi connectivity index (χ3v) is 5.04. The second-order valence-electron chi connectivity index (χ2n) is 3.17. The maximum Gasteiger partial charge on any atom is 0.0646 e. The van der Waals surface area contributed by atoms with E-state index >= 15 is 0 Å². The second-order valence-corrected chi connectivity index (χ2v) is 6.32. The summed E-state index contributed by atoms with van der Waals surface area (Å²) in [6, 6.07) is 8.26. The van der Waals surface area contributed by atoms with Crippen LogP contribution in [0.3, 0.4) is 0 Å². The predicted molar refractivity (Wildman–Crippen MR) is 71.7 cm³/mol. The predicted octanol–water partition coefficient (Wildman–Crippen LogP) is 4.55. The molecule has 0 aliphatic rings. The minimum absolute atomic E-state index is 0.831. The second kappa shape index (κ2) is 4.60. The highest BCUT2D eigenvalue weighted by molar-refractivity contribution is 9.10. The third kappa shape index (κ3) is 2.56. The summed E-state index contributed by atoms with van der Waals surface area (Å²) in [7, 11) is 0. The Balaban J connectivity index is 2.33. The number of hydrogen-bond donors (Lipinski definition) is 1. The van der Waals surface area contributed by atoms with Gasteiger partial charge in [-0.25, -0.2) is 0 Å². The van der Waals surface area contributed by atoms with E-state index in [0.717, 1.165) is 15.7 Å². The van der Waals surface area contributed by atoms with Crippen LogP contribution in [0.4, 0.5) is 5.69 Å². The molecule has 0 radical (unpaired) electrons. The van der Waals surface area contributed by atoms with Crippen LogP contribution in [-0.2, 0) is 0 Å². The normalized spacial score (nSPS) is 10.5. The standard InChI is InChI=1S/C11H10BrNS2/c1-7-5-10(8(12)6-9(7)13)15-11-3-2-4-14-11/h2-6H,13H2,1H3. The SMILES string of the molecule is Cc1cc(Sc2cccs2)c(Br)cc1N. The van der Waals surface area contributed by atoms with Gasteiger partial charge in [-0.05, 0) is 52.0 Å². The fraction of sp³-hybridized carbons (Fsp3) is 0.0909. The van der Waals surface area contributed by atoms with E-state index < -0.39 is 0 Å². The van der Waals surface area contributed by atoms with Crippen LogP contribution in [0.5, 0.6) is 0 Å². The molecule has 0 spiro atoms. The smallest absolute Gasteiger partial charge is 0.0646 e. The van der Waals surface area contributed by atoms with Crippen LogP contribution in [0.25, 0.3) is 0 Å². The quantitative estimate of drug-likeness (QED) is 0.823. The summed E-state index contributed by atoms with van der Waals surface area (Å²) in [5.41, 5.74) is 7.78. The first kappa shape index (κ1) is 11.0. The Morgan fingerprint density at radius 1 is 1.40 bits per heavy atom. The summed E-state index contributed by atoms with van der Waals surface area (Å²) in [6.07, 6.45) is 0. The molecule has 0 atom stereocenters. The zero-order chi connectivity index (χ0) is 10.8. The average Bonchev–Trinajstić information content (AvgIpc) is 2.67. The molecule has 1 aromatic heterocycles. The van der Waals surface area contributed by atoms with Crippen LogP contribution in [-0.4, -0.2) is 0 Å². The van der Waals surface area contributed by atoms with Gasteiger partial charge in [0.2, 0.25) is 0 Å². The first-order valence-corrected chi connectivity index (χ1v) is 6.92. The Kier molecular flexibility index (Phi) is 3.38. The Morgan fingerprint density at radius 2 is 2.20 bits per heavy atom. The van der Waals surface area contributed by atoms with Crippen LogP contribution >= 0.6 is 39.0 Å². The highest BCUT2D eigenvalue weighted by Gasteiger charge is 2.05. The third-order valence-electron chi connectivity index (χ3n) is 2.03. The maximum atomic E-state index is 5.83. The zero-order valence-electron chi connectivity index (χ0n) is 8.16. The number of thiophene rings is 1. The van der Waals surface area contributed by atoms with Crippen LogP contribution < -0.4 is 5.73 Å². The van der Waals surface area contributed by atoms with Crippen LogP contribution in [0, 0.1) is 6.92 Å². The number of hydrogen-bond acceptors (Lipinski definition) is 3. The number of nitrogens with two attached hydrogens (primary N) is 1. The van der Waals surface area contributed by atoms with Gasteiger partial charge in [-0.3, -0.25) is 0 Å². The number of anilines is 1. The van der Waals surface area contributed by atoms with E-state index in [4.69, 9.17) is 5.73 Å². The summed E-state index contributed by atoms with van der Waals surface area (Å²) in [5.74, 6) is 0. The summed E-state index contributed by atoms with van der Waals surface area (Å²) >= 11 is 7.04. The molecule has 4 heteroatoms. The first-order valence-electron chi connectivity index (χ1n) is 4.44. The van der Waals surface area contributed by atoms with Gasteiger partial charge in [0.15, 0.2) is 0 Å². The molecule has 15 heavy (non-hydrogen) atoms. The molecule has 78 valence electrons. The van der Waals surface area contributed by atoms with E-state index in [0.29, 0.717) is 0 Å². The van der Waals surface area contributed by atoms with Crippen LogP contribution in [0.15, 0.2) is 43.2 Å². The molecule has 0 aliphatic heterocycles. The van der Waals surface area contributed by atoms with E-state index in [2.05, 4.69) is 39.5 Å². The Labute approximate surface area is 106 Å². The number of halogens is 1. The number of aryl methyl sites for hydroxylation is 1. The van der Waals surface area contributed by atoms with Gasteiger partial charge in [-0.1, -0.05) is 17.8 Å². The van der Waals surface area contributed by atoms with Gasteiger partial charge in [-0.15, -0.1) is 11.3 Å². The minimum atomic E-state index is 0.831. The lowest BCUT2D eigenvalue weighted by Crippen LogP contribution is -1.90. The van der Waals surface area contributed by atoms with Crippen molar-refractivity contribution in [3.8, 4) is 0 Å². The van der Waals surface area contributed by atoms with E-state index in [9.17, 15) is 0 Å².